The van der Waals surface area contributed by atoms with E-state index < -0.39 is 6.10 Å². The Kier molecular flexibility index (Phi) is 7.80. The van der Waals surface area contributed by atoms with Crippen LogP contribution in [0.15, 0.2) is 42.5 Å². The SMILES string of the molecule is Cc1cccc(C)c1NC(=O)CN1CCN(C(=O)C(C)Oc2ccc(C(C)(C)C)cc2)CC1. The van der Waals surface area contributed by atoms with Gasteiger partial charge in [-0.05, 0) is 55.0 Å². The van der Waals surface area contributed by atoms with Gasteiger partial charge in [-0.2, -0.15) is 0 Å². The number of carbonyl (C=O) groups is 2. The maximum atomic E-state index is 12.9. The van der Waals surface area contributed by atoms with Crippen LogP contribution in [0.25, 0.3) is 0 Å². The predicted octanol–water partition coefficient (Wildman–Crippen LogP) is 4.15. The standard InChI is InChI=1S/C27H37N3O3/c1-19-8-7-9-20(2)25(19)28-24(31)18-29-14-16-30(17-15-29)26(32)21(3)33-23-12-10-22(11-13-23)27(4,5)6/h7-13,21H,14-18H2,1-6H3,(H,28,31). The summed E-state index contributed by atoms with van der Waals surface area (Å²) in [5.41, 5.74) is 4.31. The van der Waals surface area contributed by atoms with E-state index in [9.17, 15) is 9.59 Å². The van der Waals surface area contributed by atoms with Crippen molar-refractivity contribution in [3.63, 3.8) is 0 Å². The Morgan fingerprint density at radius 3 is 2.09 bits per heavy atom. The molecule has 6 nitrogen and oxygen atoms in total. The van der Waals surface area contributed by atoms with Gasteiger partial charge in [-0.15, -0.1) is 0 Å². The van der Waals surface area contributed by atoms with E-state index in [1.165, 1.54) is 5.56 Å². The lowest BCUT2D eigenvalue weighted by atomic mass is 9.87. The highest BCUT2D eigenvalue weighted by Gasteiger charge is 2.27. The summed E-state index contributed by atoms with van der Waals surface area (Å²) >= 11 is 0. The fraction of sp³-hybridized carbons (Fsp3) is 0.481. The third-order valence-corrected chi connectivity index (χ3v) is 6.18. The lowest BCUT2D eigenvalue weighted by Gasteiger charge is -2.35. The summed E-state index contributed by atoms with van der Waals surface area (Å²) in [4.78, 5) is 29.3. The van der Waals surface area contributed by atoms with Crippen molar-refractivity contribution in [1.29, 1.82) is 0 Å². The number of anilines is 1. The third-order valence-electron chi connectivity index (χ3n) is 6.18. The van der Waals surface area contributed by atoms with E-state index in [1.807, 2.05) is 49.1 Å². The summed E-state index contributed by atoms with van der Waals surface area (Å²) in [7, 11) is 0. The van der Waals surface area contributed by atoms with Gasteiger partial charge in [0, 0.05) is 31.9 Å². The van der Waals surface area contributed by atoms with Crippen LogP contribution in [0.3, 0.4) is 0 Å². The van der Waals surface area contributed by atoms with Gasteiger partial charge in [0.2, 0.25) is 5.91 Å². The summed E-state index contributed by atoms with van der Waals surface area (Å²) < 4.78 is 5.91. The molecule has 1 atom stereocenters. The highest BCUT2D eigenvalue weighted by Crippen LogP contribution is 2.25. The van der Waals surface area contributed by atoms with Gasteiger partial charge in [0.15, 0.2) is 6.10 Å². The normalized spacial score (nSPS) is 15.8. The Morgan fingerprint density at radius 2 is 1.55 bits per heavy atom. The molecule has 1 unspecified atom stereocenters. The van der Waals surface area contributed by atoms with Crippen molar-refractivity contribution < 1.29 is 14.3 Å². The van der Waals surface area contributed by atoms with Crippen LogP contribution in [0.5, 0.6) is 5.75 Å². The molecule has 0 aliphatic carbocycles. The van der Waals surface area contributed by atoms with Crippen LogP contribution in [-0.4, -0.2) is 60.4 Å². The number of amides is 2. The van der Waals surface area contributed by atoms with Gasteiger partial charge in [-0.3, -0.25) is 14.5 Å². The summed E-state index contributed by atoms with van der Waals surface area (Å²) in [5.74, 6) is 0.655. The van der Waals surface area contributed by atoms with Crippen LogP contribution in [0.2, 0.25) is 0 Å². The van der Waals surface area contributed by atoms with Gasteiger partial charge in [0.1, 0.15) is 5.75 Å². The van der Waals surface area contributed by atoms with E-state index in [0.717, 1.165) is 16.8 Å². The molecule has 0 radical (unpaired) electrons. The van der Waals surface area contributed by atoms with E-state index >= 15 is 0 Å². The first kappa shape index (κ1) is 24.8. The number of para-hydroxylation sites is 1. The number of carbonyl (C=O) groups excluding carboxylic acids is 2. The smallest absolute Gasteiger partial charge is 0.263 e. The number of hydrogen-bond donors (Lipinski definition) is 1. The van der Waals surface area contributed by atoms with Gasteiger partial charge in [0.25, 0.3) is 5.91 Å². The molecule has 3 rings (SSSR count). The maximum Gasteiger partial charge on any atom is 0.263 e. The molecule has 1 N–H and O–H groups in total. The van der Waals surface area contributed by atoms with Crippen molar-refractivity contribution in [2.45, 2.75) is 53.1 Å². The number of hydrogen-bond acceptors (Lipinski definition) is 4. The molecule has 1 aliphatic heterocycles. The molecule has 0 bridgehead atoms. The molecule has 0 saturated carbocycles. The Labute approximate surface area is 197 Å². The third kappa shape index (κ3) is 6.57. The number of aryl methyl sites for hydroxylation is 2. The Bertz CT molecular complexity index is 951. The fourth-order valence-electron chi connectivity index (χ4n) is 4.07. The minimum atomic E-state index is -0.552. The lowest BCUT2D eigenvalue weighted by Crippen LogP contribution is -2.53. The van der Waals surface area contributed by atoms with Crippen LogP contribution in [0.4, 0.5) is 5.69 Å². The van der Waals surface area contributed by atoms with E-state index in [2.05, 4.69) is 43.1 Å². The zero-order valence-corrected chi connectivity index (χ0v) is 20.8. The zero-order chi connectivity index (χ0) is 24.2. The molecule has 1 fully saturated rings. The van der Waals surface area contributed by atoms with Crippen molar-refractivity contribution >= 4 is 17.5 Å². The topological polar surface area (TPSA) is 61.9 Å². The molecular weight excluding hydrogens is 414 g/mol. The quantitative estimate of drug-likeness (QED) is 0.717. The summed E-state index contributed by atoms with van der Waals surface area (Å²) in [6.45, 7) is 15.1. The van der Waals surface area contributed by atoms with Crippen molar-refractivity contribution in [3.8, 4) is 5.75 Å². The molecule has 2 amide bonds. The van der Waals surface area contributed by atoms with Crippen molar-refractivity contribution in [3.05, 3.63) is 59.2 Å². The van der Waals surface area contributed by atoms with Gasteiger partial charge in [-0.25, -0.2) is 0 Å². The van der Waals surface area contributed by atoms with Gasteiger partial charge in [0.05, 0.1) is 6.54 Å². The molecule has 0 spiro atoms. The maximum absolute atomic E-state index is 12.9. The van der Waals surface area contributed by atoms with Crippen LogP contribution in [-0.2, 0) is 15.0 Å². The Balaban J connectivity index is 1.46. The van der Waals surface area contributed by atoms with Gasteiger partial charge < -0.3 is 15.0 Å². The first-order chi connectivity index (χ1) is 15.5. The second kappa shape index (κ2) is 10.4. The summed E-state index contributed by atoms with van der Waals surface area (Å²) in [5, 5.41) is 3.04. The largest absolute Gasteiger partial charge is 0.481 e. The number of benzene rings is 2. The molecule has 33 heavy (non-hydrogen) atoms. The monoisotopic (exact) mass is 451 g/mol. The van der Waals surface area contributed by atoms with E-state index in [-0.39, 0.29) is 17.2 Å². The average Bonchev–Trinajstić information content (AvgIpc) is 2.76. The molecule has 0 aromatic heterocycles. The molecule has 1 heterocycles. The summed E-state index contributed by atoms with van der Waals surface area (Å²) in [6.07, 6.45) is -0.552. The molecule has 6 heteroatoms. The highest BCUT2D eigenvalue weighted by atomic mass is 16.5. The first-order valence-corrected chi connectivity index (χ1v) is 11.7. The van der Waals surface area contributed by atoms with Gasteiger partial charge >= 0.3 is 0 Å². The van der Waals surface area contributed by atoms with Crippen LogP contribution >= 0.6 is 0 Å². The minimum absolute atomic E-state index is 0.0189. The lowest BCUT2D eigenvalue weighted by molar-refractivity contribution is -0.139. The minimum Gasteiger partial charge on any atom is -0.481 e. The Morgan fingerprint density at radius 1 is 0.970 bits per heavy atom. The Hall–Kier alpha value is -2.86. The van der Waals surface area contributed by atoms with Crippen LogP contribution in [0, 0.1) is 13.8 Å². The van der Waals surface area contributed by atoms with E-state index in [1.54, 1.807) is 6.92 Å². The predicted molar refractivity (Wildman–Crippen MR) is 133 cm³/mol. The second-order valence-corrected chi connectivity index (χ2v) is 9.95. The molecule has 2 aromatic carbocycles. The fourth-order valence-corrected chi connectivity index (χ4v) is 4.07. The van der Waals surface area contributed by atoms with E-state index in [0.29, 0.717) is 38.5 Å². The number of rotatable bonds is 6. The average molecular weight is 452 g/mol. The number of ether oxygens (including phenoxy) is 1. The van der Waals surface area contributed by atoms with Crippen LogP contribution < -0.4 is 10.1 Å². The molecule has 1 saturated heterocycles. The van der Waals surface area contributed by atoms with Crippen molar-refractivity contribution in [1.82, 2.24) is 9.80 Å². The van der Waals surface area contributed by atoms with Gasteiger partial charge in [-0.1, -0.05) is 51.1 Å². The first-order valence-electron chi connectivity index (χ1n) is 11.7. The molecule has 2 aromatic rings. The van der Waals surface area contributed by atoms with Crippen molar-refractivity contribution in [2.75, 3.05) is 38.0 Å². The van der Waals surface area contributed by atoms with E-state index in [4.69, 9.17) is 4.74 Å². The number of nitrogens with zero attached hydrogens (tertiary/aromatic N) is 2. The highest BCUT2D eigenvalue weighted by molar-refractivity contribution is 5.93. The molecule has 1 aliphatic rings. The number of nitrogens with one attached hydrogen (secondary N) is 1. The van der Waals surface area contributed by atoms with Crippen molar-refractivity contribution in [2.24, 2.45) is 0 Å². The zero-order valence-electron chi connectivity index (χ0n) is 20.8. The second-order valence-electron chi connectivity index (χ2n) is 9.95. The number of piperazine rings is 1. The molecular formula is C27H37N3O3. The van der Waals surface area contributed by atoms with Crippen LogP contribution in [0.1, 0.15) is 44.4 Å². The molecule has 178 valence electrons. The summed E-state index contributed by atoms with van der Waals surface area (Å²) in [6, 6.07) is 13.9.